The van der Waals surface area contributed by atoms with E-state index in [1.165, 1.54) is 42.9 Å². The average molecular weight is 693 g/mol. The van der Waals surface area contributed by atoms with Crippen molar-refractivity contribution in [2.75, 3.05) is 19.6 Å². The molecule has 0 aromatic rings. The molecule has 3 aliphatic rings. The van der Waals surface area contributed by atoms with Gasteiger partial charge in [0, 0.05) is 32.5 Å². The third-order valence-corrected chi connectivity index (χ3v) is 10.0. The summed E-state index contributed by atoms with van der Waals surface area (Å²) in [5.41, 5.74) is 0. The molecule has 6 N–H and O–H groups in total. The minimum absolute atomic E-state index is 0.0742. The van der Waals surface area contributed by atoms with Crippen molar-refractivity contribution < 1.29 is 39.0 Å². The number of aliphatic hydroxyl groups is 2. The second kappa shape index (κ2) is 19.2. The highest BCUT2D eigenvalue weighted by molar-refractivity contribution is 5.96. The standard InChI is InChI=1S/C35H60N6O8/c1-6-17-36-33(47)30(23(5)42)39-32(46)27-19-25(43)20-41(27)34(48)22(4)37-31(45)26-14-10-11-18-40(26)35(49)29(21(2)3)38-28(44)16-15-24-12-8-7-9-13-24/h21-27,29-30,42-43H,6-20H2,1-5H3,(H,36,47)(H,37,45)(H,38,44)(H,39,46)/t22-,23+,25+,26-,27-,29-,30-/m0/s1. The third kappa shape index (κ3) is 11.4. The lowest BCUT2D eigenvalue weighted by Crippen LogP contribution is -2.61. The Balaban J connectivity index is 1.64. The summed E-state index contributed by atoms with van der Waals surface area (Å²) in [6, 6.07) is -5.09. The predicted octanol–water partition coefficient (Wildman–Crippen LogP) is 0.727. The van der Waals surface area contributed by atoms with Crippen LogP contribution in [0.1, 0.15) is 112 Å². The van der Waals surface area contributed by atoms with Gasteiger partial charge in [-0.3, -0.25) is 28.8 Å². The lowest BCUT2D eigenvalue weighted by atomic mass is 9.86. The predicted molar refractivity (Wildman–Crippen MR) is 183 cm³/mol. The first-order valence-electron chi connectivity index (χ1n) is 18.4. The largest absolute Gasteiger partial charge is 0.391 e. The van der Waals surface area contributed by atoms with E-state index in [4.69, 9.17) is 0 Å². The Morgan fingerprint density at radius 1 is 0.776 bits per heavy atom. The first-order valence-corrected chi connectivity index (χ1v) is 18.4. The molecule has 0 aromatic carbocycles. The molecular weight excluding hydrogens is 632 g/mol. The second-order valence-electron chi connectivity index (χ2n) is 14.5. The minimum Gasteiger partial charge on any atom is -0.391 e. The minimum atomic E-state index is -1.25. The van der Waals surface area contributed by atoms with Gasteiger partial charge in [-0.25, -0.2) is 0 Å². The normalized spacial score (nSPS) is 24.0. The quantitative estimate of drug-likeness (QED) is 0.144. The van der Waals surface area contributed by atoms with Crippen LogP contribution in [0.2, 0.25) is 0 Å². The summed E-state index contributed by atoms with van der Waals surface area (Å²) in [7, 11) is 0. The molecule has 49 heavy (non-hydrogen) atoms. The number of nitrogens with one attached hydrogen (secondary N) is 4. The molecule has 14 heteroatoms. The number of carbonyl (C=O) groups is 6. The van der Waals surface area contributed by atoms with Gasteiger partial charge in [-0.05, 0) is 57.8 Å². The maximum absolute atomic E-state index is 13.9. The van der Waals surface area contributed by atoms with Crippen LogP contribution in [0, 0.1) is 11.8 Å². The van der Waals surface area contributed by atoms with E-state index in [2.05, 4.69) is 21.3 Å². The van der Waals surface area contributed by atoms with Gasteiger partial charge < -0.3 is 41.3 Å². The van der Waals surface area contributed by atoms with Crippen LogP contribution in [-0.4, -0.2) is 118 Å². The lowest BCUT2D eigenvalue weighted by Gasteiger charge is -2.38. The fourth-order valence-electron chi connectivity index (χ4n) is 7.16. The molecular formula is C35H60N6O8. The zero-order chi connectivity index (χ0) is 36.2. The zero-order valence-electron chi connectivity index (χ0n) is 30.0. The van der Waals surface area contributed by atoms with Crippen molar-refractivity contribution in [1.82, 2.24) is 31.1 Å². The van der Waals surface area contributed by atoms with Crippen LogP contribution in [0.4, 0.5) is 0 Å². The van der Waals surface area contributed by atoms with Gasteiger partial charge in [-0.2, -0.15) is 0 Å². The molecule has 14 nitrogen and oxygen atoms in total. The summed E-state index contributed by atoms with van der Waals surface area (Å²) in [4.78, 5) is 82.5. The van der Waals surface area contributed by atoms with Crippen LogP contribution < -0.4 is 21.3 Å². The monoisotopic (exact) mass is 692 g/mol. The number of amides is 6. The Labute approximate surface area is 290 Å². The van der Waals surface area contributed by atoms with Gasteiger partial charge in [-0.15, -0.1) is 0 Å². The molecule has 1 aliphatic carbocycles. The molecule has 0 unspecified atom stereocenters. The van der Waals surface area contributed by atoms with Crippen LogP contribution in [0.3, 0.4) is 0 Å². The molecule has 6 amide bonds. The van der Waals surface area contributed by atoms with Crippen molar-refractivity contribution in [2.45, 2.75) is 154 Å². The fourth-order valence-corrected chi connectivity index (χ4v) is 7.16. The van der Waals surface area contributed by atoms with Gasteiger partial charge in [-0.1, -0.05) is 52.9 Å². The fraction of sp³-hybridized carbons (Fsp3) is 0.829. The van der Waals surface area contributed by atoms with Crippen LogP contribution in [0.5, 0.6) is 0 Å². The van der Waals surface area contributed by atoms with Crippen molar-refractivity contribution in [1.29, 1.82) is 0 Å². The second-order valence-corrected chi connectivity index (χ2v) is 14.5. The molecule has 0 spiro atoms. The Kier molecular flexibility index (Phi) is 15.8. The van der Waals surface area contributed by atoms with E-state index >= 15 is 0 Å². The number of hydrogen-bond donors (Lipinski definition) is 6. The van der Waals surface area contributed by atoms with E-state index in [1.54, 1.807) is 0 Å². The highest BCUT2D eigenvalue weighted by Crippen LogP contribution is 2.27. The summed E-state index contributed by atoms with van der Waals surface area (Å²) in [5, 5.41) is 31.4. The van der Waals surface area contributed by atoms with Crippen LogP contribution in [0.25, 0.3) is 0 Å². The van der Waals surface area contributed by atoms with E-state index in [9.17, 15) is 39.0 Å². The number of β-amino-alcohol motifs (C(OH)–C–C–N with tert-alkyl or cyclic N) is 1. The van der Waals surface area contributed by atoms with Crippen LogP contribution >= 0.6 is 0 Å². The molecule has 1 saturated carbocycles. The summed E-state index contributed by atoms with van der Waals surface area (Å²) < 4.78 is 0. The van der Waals surface area contributed by atoms with Crippen molar-refractivity contribution in [3.8, 4) is 0 Å². The number of carbonyl (C=O) groups excluding carboxylic acids is 6. The zero-order valence-corrected chi connectivity index (χ0v) is 30.0. The summed E-state index contributed by atoms with van der Waals surface area (Å²) in [5.74, 6) is -2.53. The average Bonchev–Trinajstić information content (AvgIpc) is 3.48. The molecule has 0 radical (unpaired) electrons. The summed E-state index contributed by atoms with van der Waals surface area (Å²) in [6.45, 7) is 9.00. The Bertz CT molecular complexity index is 1160. The third-order valence-electron chi connectivity index (χ3n) is 10.0. The molecule has 3 fully saturated rings. The van der Waals surface area contributed by atoms with Gasteiger partial charge >= 0.3 is 0 Å². The topological polar surface area (TPSA) is 197 Å². The molecule has 0 bridgehead atoms. The van der Waals surface area contributed by atoms with Gasteiger partial charge in [0.2, 0.25) is 35.4 Å². The SMILES string of the molecule is CCCNC(=O)[C@@H](NC(=O)[C@@H]1C[C@@H](O)CN1C(=O)[C@H](C)NC(=O)[C@@H]1CCCCN1C(=O)[C@@H](NC(=O)CCC1CCCCC1)C(C)C)[C@@H](C)O. The van der Waals surface area contributed by atoms with Crippen molar-refractivity contribution in [2.24, 2.45) is 11.8 Å². The van der Waals surface area contributed by atoms with Crippen LogP contribution in [0.15, 0.2) is 0 Å². The van der Waals surface area contributed by atoms with Gasteiger partial charge in [0.25, 0.3) is 0 Å². The Morgan fingerprint density at radius 3 is 2.06 bits per heavy atom. The maximum Gasteiger partial charge on any atom is 0.246 e. The number of rotatable bonds is 15. The smallest absolute Gasteiger partial charge is 0.246 e. The van der Waals surface area contributed by atoms with E-state index in [0.29, 0.717) is 51.1 Å². The summed E-state index contributed by atoms with van der Waals surface area (Å²) in [6.07, 6.45) is 7.27. The highest BCUT2D eigenvalue weighted by Gasteiger charge is 2.43. The number of likely N-dealkylation sites (tertiary alicyclic amines) is 2. The van der Waals surface area contributed by atoms with E-state index in [-0.39, 0.29) is 30.7 Å². The van der Waals surface area contributed by atoms with E-state index in [1.807, 2.05) is 20.8 Å². The van der Waals surface area contributed by atoms with Gasteiger partial charge in [0.05, 0.1) is 12.2 Å². The maximum atomic E-state index is 13.9. The van der Waals surface area contributed by atoms with E-state index < -0.39 is 66.0 Å². The molecule has 0 aromatic heterocycles. The molecule has 278 valence electrons. The van der Waals surface area contributed by atoms with Gasteiger partial charge in [0.1, 0.15) is 30.2 Å². The molecule has 2 aliphatic heterocycles. The van der Waals surface area contributed by atoms with Crippen molar-refractivity contribution in [3.05, 3.63) is 0 Å². The molecule has 2 heterocycles. The first-order chi connectivity index (χ1) is 23.2. The molecule has 2 saturated heterocycles. The lowest BCUT2D eigenvalue weighted by molar-refractivity contribution is -0.147. The van der Waals surface area contributed by atoms with E-state index in [0.717, 1.165) is 19.3 Å². The molecule has 3 rings (SSSR count). The Morgan fingerprint density at radius 2 is 1.43 bits per heavy atom. The van der Waals surface area contributed by atoms with Crippen molar-refractivity contribution in [3.63, 3.8) is 0 Å². The number of hydrogen-bond acceptors (Lipinski definition) is 8. The number of piperidine rings is 1. The van der Waals surface area contributed by atoms with Gasteiger partial charge in [0.15, 0.2) is 0 Å². The van der Waals surface area contributed by atoms with Crippen LogP contribution in [-0.2, 0) is 28.8 Å². The van der Waals surface area contributed by atoms with Crippen molar-refractivity contribution >= 4 is 35.4 Å². The number of aliphatic hydroxyl groups excluding tert-OH is 2. The first kappa shape index (κ1) is 40.2. The summed E-state index contributed by atoms with van der Waals surface area (Å²) >= 11 is 0. The highest BCUT2D eigenvalue weighted by atomic mass is 16.3. The number of nitrogens with zero attached hydrogens (tertiary/aromatic N) is 2. The Hall–Kier alpha value is -3.26. The molecule has 7 atom stereocenters.